The van der Waals surface area contributed by atoms with Gasteiger partial charge >= 0.3 is 6.09 Å². The van der Waals surface area contributed by atoms with E-state index in [4.69, 9.17) is 4.74 Å². The summed E-state index contributed by atoms with van der Waals surface area (Å²) in [6, 6.07) is 0.361. The van der Waals surface area contributed by atoms with Crippen molar-refractivity contribution in [2.24, 2.45) is 5.92 Å². The number of hydrogen-bond donors (Lipinski definition) is 1. The van der Waals surface area contributed by atoms with Gasteiger partial charge in [0.1, 0.15) is 5.60 Å². The Hall–Kier alpha value is -1.26. The molecule has 1 saturated carbocycles. The first kappa shape index (κ1) is 15.1. The summed E-state index contributed by atoms with van der Waals surface area (Å²) < 4.78 is 5.37. The number of likely N-dealkylation sites (tertiary alicyclic amines) is 1. The van der Waals surface area contributed by atoms with E-state index in [0.717, 1.165) is 25.7 Å². The maximum atomic E-state index is 12.2. The second kappa shape index (κ2) is 6.02. The van der Waals surface area contributed by atoms with Crippen molar-refractivity contribution in [3.8, 4) is 0 Å². The van der Waals surface area contributed by atoms with Crippen molar-refractivity contribution in [3.63, 3.8) is 0 Å². The third-order valence-electron chi connectivity index (χ3n) is 3.90. The van der Waals surface area contributed by atoms with Crippen molar-refractivity contribution in [1.29, 1.82) is 0 Å². The van der Waals surface area contributed by atoms with Crippen LogP contribution in [0.3, 0.4) is 0 Å². The summed E-state index contributed by atoms with van der Waals surface area (Å²) in [5.74, 6) is 0.0137. The Labute approximate surface area is 121 Å². The Morgan fingerprint density at radius 3 is 2.40 bits per heavy atom. The van der Waals surface area contributed by atoms with Crippen LogP contribution in [-0.4, -0.2) is 41.6 Å². The average molecular weight is 282 g/mol. The second-order valence-corrected chi connectivity index (χ2v) is 6.90. The van der Waals surface area contributed by atoms with Crippen LogP contribution in [0.25, 0.3) is 0 Å². The molecule has 2 aliphatic rings. The lowest BCUT2D eigenvalue weighted by Gasteiger charge is -2.35. The Bertz CT molecular complexity index is 372. The second-order valence-electron chi connectivity index (χ2n) is 6.90. The first-order chi connectivity index (χ1) is 9.35. The van der Waals surface area contributed by atoms with E-state index in [1.54, 1.807) is 4.90 Å². The summed E-state index contributed by atoms with van der Waals surface area (Å²) in [4.78, 5) is 25.9. The van der Waals surface area contributed by atoms with E-state index >= 15 is 0 Å². The number of hydrogen-bond acceptors (Lipinski definition) is 3. The number of rotatable bonds is 2. The summed E-state index contributed by atoms with van der Waals surface area (Å²) in [7, 11) is 0. The first-order valence-electron chi connectivity index (χ1n) is 7.63. The zero-order valence-electron chi connectivity index (χ0n) is 12.8. The van der Waals surface area contributed by atoms with Crippen LogP contribution in [-0.2, 0) is 9.53 Å². The molecule has 1 aliphatic heterocycles. The quantitative estimate of drug-likeness (QED) is 0.845. The van der Waals surface area contributed by atoms with Crippen molar-refractivity contribution in [2.45, 2.75) is 64.5 Å². The number of ether oxygens (including phenoxy) is 1. The minimum Gasteiger partial charge on any atom is -0.444 e. The number of piperidine rings is 1. The molecule has 0 spiro atoms. The molecule has 2 fully saturated rings. The van der Waals surface area contributed by atoms with Gasteiger partial charge in [0, 0.05) is 19.1 Å². The predicted molar refractivity (Wildman–Crippen MR) is 76.3 cm³/mol. The van der Waals surface area contributed by atoms with Crippen molar-refractivity contribution in [1.82, 2.24) is 10.2 Å². The minimum absolute atomic E-state index is 0.0862. The van der Waals surface area contributed by atoms with E-state index in [-0.39, 0.29) is 17.9 Å². The SMILES string of the molecule is CC(C)(C)OC(=O)N1CCCC(C(=O)NC2CCC2)C1. The van der Waals surface area contributed by atoms with E-state index in [9.17, 15) is 9.59 Å². The largest absolute Gasteiger partial charge is 0.444 e. The molecule has 1 heterocycles. The highest BCUT2D eigenvalue weighted by Gasteiger charge is 2.32. The predicted octanol–water partition coefficient (Wildman–Crippen LogP) is 2.30. The maximum absolute atomic E-state index is 12.2. The standard InChI is InChI=1S/C15H26N2O3/c1-15(2,3)20-14(19)17-9-5-6-11(10-17)13(18)16-12-7-4-8-12/h11-12H,4-10H2,1-3H3,(H,16,18). The lowest BCUT2D eigenvalue weighted by atomic mass is 9.91. The number of carbonyl (C=O) groups excluding carboxylic acids is 2. The van der Waals surface area contributed by atoms with Gasteiger partial charge in [-0.25, -0.2) is 4.79 Å². The molecule has 0 aromatic rings. The maximum Gasteiger partial charge on any atom is 0.410 e. The van der Waals surface area contributed by atoms with Gasteiger partial charge in [-0.3, -0.25) is 4.79 Å². The third kappa shape index (κ3) is 4.12. The molecule has 5 heteroatoms. The average Bonchev–Trinajstić information content (AvgIpc) is 2.31. The smallest absolute Gasteiger partial charge is 0.410 e. The molecule has 0 aromatic carbocycles. The Morgan fingerprint density at radius 2 is 1.85 bits per heavy atom. The number of carbonyl (C=O) groups is 2. The van der Waals surface area contributed by atoms with Gasteiger partial charge in [0.25, 0.3) is 0 Å². The van der Waals surface area contributed by atoms with Crippen LogP contribution in [0.15, 0.2) is 0 Å². The van der Waals surface area contributed by atoms with Gasteiger partial charge < -0.3 is 15.0 Å². The molecule has 0 radical (unpaired) electrons. The summed E-state index contributed by atoms with van der Waals surface area (Å²) in [5.41, 5.74) is -0.488. The molecule has 1 N–H and O–H groups in total. The minimum atomic E-state index is -0.488. The Kier molecular flexibility index (Phi) is 4.55. The van der Waals surface area contributed by atoms with Crippen LogP contribution in [0.1, 0.15) is 52.9 Å². The highest BCUT2D eigenvalue weighted by molar-refractivity contribution is 5.80. The van der Waals surface area contributed by atoms with Crippen LogP contribution < -0.4 is 5.32 Å². The van der Waals surface area contributed by atoms with Gasteiger partial charge in [0.15, 0.2) is 0 Å². The topological polar surface area (TPSA) is 58.6 Å². The first-order valence-corrected chi connectivity index (χ1v) is 7.63. The highest BCUT2D eigenvalue weighted by atomic mass is 16.6. The van der Waals surface area contributed by atoms with Crippen LogP contribution in [0, 0.1) is 5.92 Å². The van der Waals surface area contributed by atoms with Crippen LogP contribution in [0.4, 0.5) is 4.79 Å². The molecule has 2 rings (SSSR count). The normalized spacial score (nSPS) is 23.9. The molecule has 1 saturated heterocycles. The fourth-order valence-corrected chi connectivity index (χ4v) is 2.56. The molecular weight excluding hydrogens is 256 g/mol. The molecule has 20 heavy (non-hydrogen) atoms. The lowest BCUT2D eigenvalue weighted by molar-refractivity contribution is -0.127. The number of nitrogens with zero attached hydrogens (tertiary/aromatic N) is 1. The third-order valence-corrected chi connectivity index (χ3v) is 3.90. The van der Waals surface area contributed by atoms with E-state index in [0.29, 0.717) is 19.1 Å². The molecule has 1 atom stereocenters. The fraction of sp³-hybridized carbons (Fsp3) is 0.867. The van der Waals surface area contributed by atoms with Crippen LogP contribution >= 0.6 is 0 Å². The van der Waals surface area contributed by atoms with E-state index in [1.165, 1.54) is 6.42 Å². The van der Waals surface area contributed by atoms with Gasteiger partial charge in [-0.1, -0.05) is 0 Å². The molecule has 1 unspecified atom stereocenters. The van der Waals surface area contributed by atoms with E-state index in [2.05, 4.69) is 5.32 Å². The molecular formula is C15H26N2O3. The number of nitrogens with one attached hydrogen (secondary N) is 1. The molecule has 5 nitrogen and oxygen atoms in total. The molecule has 114 valence electrons. The van der Waals surface area contributed by atoms with Crippen molar-refractivity contribution < 1.29 is 14.3 Å². The molecule has 0 bridgehead atoms. The monoisotopic (exact) mass is 282 g/mol. The van der Waals surface area contributed by atoms with Crippen LogP contribution in [0.2, 0.25) is 0 Å². The molecule has 1 aliphatic carbocycles. The highest BCUT2D eigenvalue weighted by Crippen LogP contribution is 2.22. The molecule has 2 amide bonds. The van der Waals surface area contributed by atoms with Crippen molar-refractivity contribution in [3.05, 3.63) is 0 Å². The van der Waals surface area contributed by atoms with E-state index in [1.807, 2.05) is 20.8 Å². The fourth-order valence-electron chi connectivity index (χ4n) is 2.56. The van der Waals surface area contributed by atoms with Crippen LogP contribution in [0.5, 0.6) is 0 Å². The van der Waals surface area contributed by atoms with Gasteiger partial charge in [0.2, 0.25) is 5.91 Å². The molecule has 0 aromatic heterocycles. The van der Waals surface area contributed by atoms with Gasteiger partial charge in [0.05, 0.1) is 5.92 Å². The number of amides is 2. The van der Waals surface area contributed by atoms with E-state index < -0.39 is 5.60 Å². The Balaban J connectivity index is 1.84. The summed E-state index contributed by atoms with van der Waals surface area (Å²) in [6.07, 6.45) is 4.81. The van der Waals surface area contributed by atoms with Gasteiger partial charge in [-0.2, -0.15) is 0 Å². The summed E-state index contributed by atoms with van der Waals surface area (Å²) in [6.45, 7) is 6.73. The van der Waals surface area contributed by atoms with Crippen molar-refractivity contribution in [2.75, 3.05) is 13.1 Å². The zero-order valence-corrected chi connectivity index (χ0v) is 12.8. The van der Waals surface area contributed by atoms with Crippen molar-refractivity contribution >= 4 is 12.0 Å². The van der Waals surface area contributed by atoms with Gasteiger partial charge in [-0.05, 0) is 52.9 Å². The Morgan fingerprint density at radius 1 is 1.15 bits per heavy atom. The summed E-state index contributed by atoms with van der Waals surface area (Å²) in [5, 5.41) is 3.08. The zero-order chi connectivity index (χ0) is 14.8. The van der Waals surface area contributed by atoms with Gasteiger partial charge in [-0.15, -0.1) is 0 Å². The lowest BCUT2D eigenvalue weighted by Crippen LogP contribution is -2.49. The summed E-state index contributed by atoms with van der Waals surface area (Å²) >= 11 is 0.